The van der Waals surface area contributed by atoms with Crippen molar-refractivity contribution in [2.75, 3.05) is 39.5 Å². The number of rotatable bonds is 14. The second-order valence-electron chi connectivity index (χ2n) is 13.0. The number of nitrogens with two attached hydrogens (primary N) is 4. The van der Waals surface area contributed by atoms with Crippen LogP contribution in [0.25, 0.3) is 0 Å². The number of hydrogen-bond acceptors (Lipinski definition) is 9. The molecule has 0 atom stereocenters. The highest BCUT2D eigenvalue weighted by molar-refractivity contribution is 7.98. The molecule has 290 valence electrons. The molecule has 4 aromatic rings. The van der Waals surface area contributed by atoms with Crippen molar-refractivity contribution in [2.24, 2.45) is 31.7 Å². The molecule has 13 nitrogen and oxygen atoms in total. The maximum absolute atomic E-state index is 13.8. The van der Waals surface area contributed by atoms with Crippen LogP contribution in [0.4, 0.5) is 5.13 Å². The average Bonchev–Trinajstić information content (AvgIpc) is 3.58. The number of benzene rings is 3. The minimum atomic E-state index is -3.92. The highest BCUT2D eigenvalue weighted by Gasteiger charge is 2.43. The van der Waals surface area contributed by atoms with Gasteiger partial charge in [-0.2, -0.15) is 25.2 Å². The Kier molecular flexibility index (Phi) is 15.4. The smallest absolute Gasteiger partial charge is 0.318 e. The number of amides is 1. The van der Waals surface area contributed by atoms with E-state index in [1.54, 1.807) is 4.90 Å². The molecule has 1 aliphatic heterocycles. The summed E-state index contributed by atoms with van der Waals surface area (Å²) in [7, 11) is -0.257. The summed E-state index contributed by atoms with van der Waals surface area (Å²) in [5.74, 6) is 1.27. The van der Waals surface area contributed by atoms with Crippen molar-refractivity contribution in [1.82, 2.24) is 14.8 Å². The lowest BCUT2D eigenvalue weighted by atomic mass is 9.70. The molecule has 1 fully saturated rings. The Hall–Kier alpha value is -4.03. The number of thiazole rings is 1. The SMILES string of the molecule is CN(C)C(=O)C(CCN1CCC(O)(c2ccc(Cl)cc2)CC1)(c1ccccc1)c1ccccc1.NC(N)=Nc1nc(CSCCC(N)=NS(N)(=O)=O)cs1. The summed E-state index contributed by atoms with van der Waals surface area (Å²) in [5, 5.41) is 19.0. The molecule has 0 saturated carbocycles. The monoisotopic (exact) mass is 813 g/mol. The van der Waals surface area contributed by atoms with Crippen LogP contribution in [0.1, 0.15) is 48.1 Å². The third-order valence-corrected chi connectivity index (χ3v) is 11.5. The molecule has 2 heterocycles. The number of halogens is 1. The summed E-state index contributed by atoms with van der Waals surface area (Å²) in [6.07, 6.45) is 2.29. The number of nitrogens with zero attached hydrogens (tertiary/aromatic N) is 5. The molecule has 1 amide bonds. The van der Waals surface area contributed by atoms with E-state index in [9.17, 15) is 18.3 Å². The number of piperidine rings is 1. The lowest BCUT2D eigenvalue weighted by Gasteiger charge is -2.41. The highest BCUT2D eigenvalue weighted by atomic mass is 35.5. The molecular formula is C37H48ClN9O4S3. The lowest BCUT2D eigenvalue weighted by Crippen LogP contribution is -2.48. The van der Waals surface area contributed by atoms with E-state index >= 15 is 0 Å². The zero-order chi connectivity index (χ0) is 39.4. The summed E-state index contributed by atoms with van der Waals surface area (Å²) < 4.78 is 24.5. The topological polar surface area (TPSA) is 220 Å². The predicted molar refractivity (Wildman–Crippen MR) is 221 cm³/mol. The quantitative estimate of drug-likeness (QED) is 0.0690. The number of amidine groups is 1. The van der Waals surface area contributed by atoms with Crippen LogP contribution in [0.3, 0.4) is 0 Å². The first kappa shape index (κ1) is 42.7. The molecule has 3 aromatic carbocycles. The van der Waals surface area contributed by atoms with Gasteiger partial charge in [-0.1, -0.05) is 84.4 Å². The van der Waals surface area contributed by atoms with Gasteiger partial charge in [0.05, 0.1) is 11.3 Å². The molecule has 0 radical (unpaired) electrons. The minimum Gasteiger partial charge on any atom is -0.386 e. The van der Waals surface area contributed by atoms with Gasteiger partial charge in [-0.15, -0.1) is 15.7 Å². The number of aliphatic imine (C=N–C) groups is 1. The summed E-state index contributed by atoms with van der Waals surface area (Å²) in [6, 6.07) is 27.7. The van der Waals surface area contributed by atoms with E-state index in [1.165, 1.54) is 23.1 Å². The number of carbonyl (C=O) groups is 1. The maximum Gasteiger partial charge on any atom is 0.318 e. The third kappa shape index (κ3) is 12.2. The second kappa shape index (κ2) is 19.5. The van der Waals surface area contributed by atoms with Crippen molar-refractivity contribution in [2.45, 2.75) is 42.5 Å². The Balaban J connectivity index is 0.000000278. The van der Waals surface area contributed by atoms with E-state index < -0.39 is 21.2 Å². The fraction of sp³-hybridized carbons (Fsp3) is 0.351. The minimum absolute atomic E-state index is 0.0144. The van der Waals surface area contributed by atoms with Gasteiger partial charge in [-0.25, -0.2) is 10.1 Å². The Labute approximate surface area is 330 Å². The molecule has 0 spiro atoms. The second-order valence-corrected chi connectivity index (χ2v) is 16.6. The first-order valence-corrected chi connectivity index (χ1v) is 21.1. The fourth-order valence-corrected chi connectivity index (χ4v) is 8.45. The summed E-state index contributed by atoms with van der Waals surface area (Å²) >= 11 is 8.89. The molecule has 1 saturated heterocycles. The number of likely N-dealkylation sites (N-methyl/N-ethyl adjacent to an activating group) is 1. The Bertz CT molecular complexity index is 1930. The molecule has 17 heteroatoms. The van der Waals surface area contributed by atoms with E-state index in [4.69, 9.17) is 33.9 Å². The predicted octanol–water partition coefficient (Wildman–Crippen LogP) is 4.32. The Morgan fingerprint density at radius 1 is 1.00 bits per heavy atom. The van der Waals surface area contributed by atoms with Gasteiger partial charge < -0.3 is 32.1 Å². The number of hydrogen-bond donors (Lipinski definition) is 5. The van der Waals surface area contributed by atoms with E-state index in [0.29, 0.717) is 47.3 Å². The fourth-order valence-electron chi connectivity index (χ4n) is 6.24. The first-order chi connectivity index (χ1) is 25.6. The normalized spacial score (nSPS) is 14.8. The molecule has 1 aliphatic rings. The number of likely N-dealkylation sites (tertiary alicyclic amines) is 1. The van der Waals surface area contributed by atoms with Crippen LogP contribution in [-0.2, 0) is 31.8 Å². The van der Waals surface area contributed by atoms with Crippen LogP contribution in [0.5, 0.6) is 0 Å². The molecule has 0 aliphatic carbocycles. The maximum atomic E-state index is 13.8. The molecule has 0 bridgehead atoms. The number of guanidine groups is 1. The number of thioether (sulfide) groups is 1. The zero-order valence-electron chi connectivity index (χ0n) is 30.3. The van der Waals surface area contributed by atoms with Crippen molar-refractivity contribution in [3.05, 3.63) is 118 Å². The van der Waals surface area contributed by atoms with Crippen molar-refractivity contribution in [1.29, 1.82) is 0 Å². The van der Waals surface area contributed by atoms with Crippen LogP contribution < -0.4 is 22.3 Å². The van der Waals surface area contributed by atoms with Crippen molar-refractivity contribution in [3.63, 3.8) is 0 Å². The summed E-state index contributed by atoms with van der Waals surface area (Å²) in [4.78, 5) is 25.9. The van der Waals surface area contributed by atoms with Crippen LogP contribution in [0.15, 0.2) is 99.7 Å². The van der Waals surface area contributed by atoms with Gasteiger partial charge in [0.2, 0.25) is 11.0 Å². The molecule has 5 rings (SSSR count). The lowest BCUT2D eigenvalue weighted by molar-refractivity contribution is -0.133. The number of carbonyl (C=O) groups excluding carboxylic acids is 1. The number of aliphatic hydroxyl groups is 1. The average molecular weight is 815 g/mol. The van der Waals surface area contributed by atoms with E-state index in [0.717, 1.165) is 42.0 Å². The Morgan fingerprint density at radius 2 is 1.57 bits per heavy atom. The molecule has 1 aromatic heterocycles. The van der Waals surface area contributed by atoms with Crippen molar-refractivity contribution >= 4 is 67.7 Å². The van der Waals surface area contributed by atoms with Gasteiger partial charge in [0.1, 0.15) is 11.3 Å². The van der Waals surface area contributed by atoms with Crippen LogP contribution in [0, 0.1) is 0 Å². The van der Waals surface area contributed by atoms with E-state index in [-0.39, 0.29) is 17.7 Å². The summed E-state index contributed by atoms with van der Waals surface area (Å²) in [5.41, 5.74) is 18.1. The molecule has 54 heavy (non-hydrogen) atoms. The molecule has 0 unspecified atom stereocenters. The van der Waals surface area contributed by atoms with Gasteiger partial charge in [-0.05, 0) is 54.6 Å². The number of aromatic nitrogens is 1. The van der Waals surface area contributed by atoms with Crippen LogP contribution in [-0.4, -0.2) is 85.5 Å². The summed E-state index contributed by atoms with van der Waals surface area (Å²) in [6.45, 7) is 2.31. The van der Waals surface area contributed by atoms with Crippen LogP contribution in [0.2, 0.25) is 5.02 Å². The zero-order valence-corrected chi connectivity index (χ0v) is 33.5. The van der Waals surface area contributed by atoms with E-state index in [1.807, 2.05) is 80.1 Å². The standard InChI is InChI=1S/C29H33ClN2O2.C8H15N7O2S3/c1-31(2)27(33)29(24-9-5-3-6-10-24,25-11-7-4-8-12-25)19-22-32-20-17-28(34,18-21-32)23-13-15-26(30)16-14-23;9-6(15-20(12,16)17)1-2-18-3-5-4-19-8(13-5)14-7(10)11/h3-16,34H,17-22H2,1-2H3;4H,1-3H2,(H2,9,15)(H2,12,16,17)(H4,10,11,13,14). The first-order valence-electron chi connectivity index (χ1n) is 17.1. The van der Waals surface area contributed by atoms with Crippen molar-refractivity contribution < 1.29 is 18.3 Å². The van der Waals surface area contributed by atoms with Crippen molar-refractivity contribution in [3.8, 4) is 0 Å². The largest absolute Gasteiger partial charge is 0.386 e. The molecular weight excluding hydrogens is 766 g/mol. The highest BCUT2D eigenvalue weighted by Crippen LogP contribution is 2.39. The Morgan fingerprint density at radius 3 is 2.09 bits per heavy atom. The van der Waals surface area contributed by atoms with Gasteiger partial charge >= 0.3 is 10.2 Å². The van der Waals surface area contributed by atoms with Gasteiger partial charge in [0.15, 0.2) is 5.96 Å². The van der Waals surface area contributed by atoms with Crippen LogP contribution >= 0.6 is 34.7 Å². The van der Waals surface area contributed by atoms with Gasteiger partial charge in [0, 0.05) is 55.5 Å². The van der Waals surface area contributed by atoms with Gasteiger partial charge in [-0.3, -0.25) is 4.79 Å². The molecule has 9 N–H and O–H groups in total. The van der Waals surface area contributed by atoms with E-state index in [2.05, 4.69) is 43.5 Å². The third-order valence-electron chi connectivity index (χ3n) is 8.93. The van der Waals surface area contributed by atoms with Gasteiger partial charge in [0.25, 0.3) is 0 Å².